The highest BCUT2D eigenvalue weighted by atomic mass is 32.2. The molecule has 0 saturated carbocycles. The van der Waals surface area contributed by atoms with Gasteiger partial charge in [0.2, 0.25) is 0 Å². The van der Waals surface area contributed by atoms with Gasteiger partial charge < -0.3 is 14.4 Å². The van der Waals surface area contributed by atoms with Gasteiger partial charge in [0.25, 0.3) is 10.1 Å². The molecule has 11 heteroatoms. The van der Waals surface area contributed by atoms with Gasteiger partial charge in [-0.1, -0.05) is 18.2 Å². The Bertz CT molecular complexity index is 573. The fourth-order valence-corrected chi connectivity index (χ4v) is 2.58. The van der Waals surface area contributed by atoms with Crippen molar-refractivity contribution < 1.29 is 35.5 Å². The summed E-state index contributed by atoms with van der Waals surface area (Å²) in [7, 11) is -2.03. The normalized spacial score (nSPS) is 11.6. The van der Waals surface area contributed by atoms with Crippen LogP contribution < -0.4 is 4.90 Å². The van der Waals surface area contributed by atoms with E-state index >= 15 is 0 Å². The van der Waals surface area contributed by atoms with E-state index in [-0.39, 0.29) is 13.2 Å². The predicted octanol–water partition coefficient (Wildman–Crippen LogP) is 1.66. The Kier molecular flexibility index (Phi) is 13.4. The molecule has 0 radical (unpaired) electrons. The van der Waals surface area contributed by atoms with Crippen LogP contribution in [0.15, 0.2) is 30.3 Å². The molecule has 0 heterocycles. The van der Waals surface area contributed by atoms with Gasteiger partial charge >= 0.3 is 0 Å². The Morgan fingerprint density at radius 1 is 0.926 bits per heavy atom. The first-order chi connectivity index (χ1) is 13.0. The smallest absolute Gasteiger partial charge is 0.264 e. The van der Waals surface area contributed by atoms with Gasteiger partial charge in [-0.05, 0) is 12.1 Å². The summed E-state index contributed by atoms with van der Waals surface area (Å²) in [6.07, 6.45) is 1.01. The molecule has 9 nitrogen and oxygen atoms in total. The number of hydrogen-bond acceptors (Lipinski definition) is 10. The zero-order chi connectivity index (χ0) is 19.8. The van der Waals surface area contributed by atoms with Crippen LogP contribution in [0.5, 0.6) is 0 Å². The van der Waals surface area contributed by atoms with Crippen molar-refractivity contribution in [3.63, 3.8) is 0 Å². The van der Waals surface area contributed by atoms with Gasteiger partial charge in [0.1, 0.15) is 0 Å². The number of para-hydroxylation sites is 1. The molecule has 1 aromatic carbocycles. The molecule has 0 bridgehead atoms. The summed E-state index contributed by atoms with van der Waals surface area (Å²) in [5, 5.41) is 0. The molecule has 0 aromatic heterocycles. The Morgan fingerprint density at radius 2 is 1.56 bits per heavy atom. The summed E-state index contributed by atoms with van der Waals surface area (Å²) in [6.45, 7) is 3.31. The SMILES string of the molecule is COOSOCCOCCN(CCOCCOS(C)(=O)=O)c1ccccc1. The highest BCUT2D eigenvalue weighted by Crippen LogP contribution is 2.12. The average molecular weight is 426 g/mol. The van der Waals surface area contributed by atoms with E-state index in [0.29, 0.717) is 39.5 Å². The van der Waals surface area contributed by atoms with E-state index in [9.17, 15) is 8.42 Å². The van der Waals surface area contributed by atoms with E-state index in [1.54, 1.807) is 0 Å². The van der Waals surface area contributed by atoms with Gasteiger partial charge in [-0.25, -0.2) is 4.89 Å². The quantitative estimate of drug-likeness (QED) is 0.121. The molecular weight excluding hydrogens is 398 g/mol. The molecule has 27 heavy (non-hydrogen) atoms. The van der Waals surface area contributed by atoms with Gasteiger partial charge in [0.05, 0.1) is 53.0 Å². The number of rotatable bonds is 17. The largest absolute Gasteiger partial charge is 0.377 e. The maximum absolute atomic E-state index is 10.9. The maximum Gasteiger partial charge on any atom is 0.264 e. The fraction of sp³-hybridized carbons (Fsp3) is 0.625. The summed E-state index contributed by atoms with van der Waals surface area (Å²) in [4.78, 5) is 6.50. The van der Waals surface area contributed by atoms with Gasteiger partial charge in [-0.3, -0.25) is 8.37 Å². The number of nitrogens with zero attached hydrogens (tertiary/aromatic N) is 1. The highest BCUT2D eigenvalue weighted by molar-refractivity contribution is 7.89. The van der Waals surface area contributed by atoms with Crippen LogP contribution in [-0.4, -0.2) is 74.5 Å². The van der Waals surface area contributed by atoms with Crippen molar-refractivity contribution in [2.45, 2.75) is 0 Å². The number of benzene rings is 1. The Labute approximate surface area is 165 Å². The fourth-order valence-electron chi connectivity index (χ4n) is 1.98. The zero-order valence-electron chi connectivity index (χ0n) is 15.6. The molecule has 0 aliphatic rings. The summed E-state index contributed by atoms with van der Waals surface area (Å²) >= 11 is 0.756. The second kappa shape index (κ2) is 15.1. The third kappa shape index (κ3) is 13.8. The molecule has 0 unspecified atom stereocenters. The lowest BCUT2D eigenvalue weighted by Crippen LogP contribution is -2.31. The molecule has 156 valence electrons. The molecule has 0 aliphatic carbocycles. The van der Waals surface area contributed by atoms with Crippen LogP contribution in [0, 0.1) is 0 Å². The van der Waals surface area contributed by atoms with E-state index in [2.05, 4.69) is 18.3 Å². The molecule has 0 N–H and O–H groups in total. The minimum Gasteiger partial charge on any atom is -0.377 e. The lowest BCUT2D eigenvalue weighted by Gasteiger charge is -2.24. The Hall–Kier alpha value is -0.920. The summed E-state index contributed by atoms with van der Waals surface area (Å²) < 4.78 is 46.9. The van der Waals surface area contributed by atoms with Crippen LogP contribution in [0.1, 0.15) is 0 Å². The van der Waals surface area contributed by atoms with Crippen LogP contribution in [0.3, 0.4) is 0 Å². The van der Waals surface area contributed by atoms with Crippen molar-refractivity contribution in [3.05, 3.63) is 30.3 Å². The minimum atomic E-state index is -3.43. The zero-order valence-corrected chi connectivity index (χ0v) is 17.2. The van der Waals surface area contributed by atoms with Crippen molar-refractivity contribution in [1.29, 1.82) is 0 Å². The van der Waals surface area contributed by atoms with Crippen LogP contribution in [0.4, 0.5) is 5.69 Å². The summed E-state index contributed by atoms with van der Waals surface area (Å²) in [6, 6.07) is 9.90. The third-order valence-corrected chi connectivity index (χ3v) is 4.16. The van der Waals surface area contributed by atoms with Gasteiger partial charge in [-0.2, -0.15) is 8.42 Å². The second-order valence-electron chi connectivity index (χ2n) is 5.20. The molecule has 0 aliphatic heterocycles. The molecule has 0 atom stereocenters. The van der Waals surface area contributed by atoms with Crippen molar-refractivity contribution in [2.75, 3.05) is 71.0 Å². The van der Waals surface area contributed by atoms with E-state index in [4.69, 9.17) is 13.7 Å². The third-order valence-electron chi connectivity index (χ3n) is 3.11. The lowest BCUT2D eigenvalue weighted by molar-refractivity contribution is -0.167. The molecule has 0 saturated heterocycles. The van der Waals surface area contributed by atoms with Crippen LogP contribution >= 0.6 is 12.3 Å². The second-order valence-corrected chi connectivity index (χ2v) is 7.35. The summed E-state index contributed by atoms with van der Waals surface area (Å²) in [5.41, 5.74) is 1.05. The molecule has 1 rings (SSSR count). The Morgan fingerprint density at radius 3 is 2.15 bits per heavy atom. The first-order valence-corrected chi connectivity index (χ1v) is 10.8. The first-order valence-electron chi connectivity index (χ1n) is 8.32. The topological polar surface area (TPSA) is 92.8 Å². The summed E-state index contributed by atoms with van der Waals surface area (Å²) in [5.74, 6) is 0. The van der Waals surface area contributed by atoms with Gasteiger partial charge in [0, 0.05) is 18.8 Å². The number of hydrogen-bond donors (Lipinski definition) is 0. The van der Waals surface area contributed by atoms with E-state index in [1.807, 2.05) is 30.3 Å². The predicted molar refractivity (Wildman–Crippen MR) is 103 cm³/mol. The van der Waals surface area contributed by atoms with Crippen molar-refractivity contribution in [1.82, 2.24) is 0 Å². The minimum absolute atomic E-state index is 0.0120. The standard InChI is InChI=1S/C16H27NO8S2/c1-20-25-26-23-14-12-21-10-8-17(16-6-4-3-5-7-16)9-11-22-13-15-24-27(2,18)19/h3-7H,8-15H2,1-2H3. The molecule has 0 amide bonds. The van der Waals surface area contributed by atoms with E-state index < -0.39 is 10.1 Å². The molecular formula is C16H27NO8S2. The van der Waals surface area contributed by atoms with Crippen LogP contribution in [-0.2, 0) is 37.2 Å². The number of anilines is 1. The van der Waals surface area contributed by atoms with Crippen molar-refractivity contribution in [2.24, 2.45) is 0 Å². The lowest BCUT2D eigenvalue weighted by atomic mass is 10.3. The maximum atomic E-state index is 10.9. The Balaban J connectivity index is 2.24. The van der Waals surface area contributed by atoms with Crippen molar-refractivity contribution in [3.8, 4) is 0 Å². The van der Waals surface area contributed by atoms with E-state index in [1.165, 1.54) is 7.11 Å². The molecule has 0 spiro atoms. The van der Waals surface area contributed by atoms with Crippen LogP contribution in [0.2, 0.25) is 0 Å². The number of ether oxygens (including phenoxy) is 2. The molecule has 1 aromatic rings. The van der Waals surface area contributed by atoms with Gasteiger partial charge in [-0.15, -0.1) is 4.33 Å². The van der Waals surface area contributed by atoms with Crippen molar-refractivity contribution >= 4 is 28.1 Å². The van der Waals surface area contributed by atoms with Gasteiger partial charge in [0.15, 0.2) is 12.3 Å². The average Bonchev–Trinajstić information content (AvgIpc) is 2.64. The molecule has 0 fully saturated rings. The first kappa shape index (κ1) is 24.1. The van der Waals surface area contributed by atoms with E-state index in [0.717, 1.165) is 24.3 Å². The monoisotopic (exact) mass is 425 g/mol. The highest BCUT2D eigenvalue weighted by Gasteiger charge is 2.07. The van der Waals surface area contributed by atoms with Crippen LogP contribution in [0.25, 0.3) is 0 Å².